The molecular formula is C14H16N2O2S. The van der Waals surface area contributed by atoms with Crippen molar-refractivity contribution in [3.63, 3.8) is 0 Å². The molecule has 1 aliphatic rings. The number of aromatic nitrogens is 2. The van der Waals surface area contributed by atoms with E-state index >= 15 is 0 Å². The van der Waals surface area contributed by atoms with Crippen LogP contribution in [0.2, 0.25) is 0 Å². The van der Waals surface area contributed by atoms with Crippen LogP contribution in [0.5, 0.6) is 0 Å². The number of thioether (sulfide) groups is 1. The molecule has 1 aliphatic heterocycles. The number of H-pyrrole nitrogens is 1. The van der Waals surface area contributed by atoms with Gasteiger partial charge in [-0.3, -0.25) is 9.36 Å². The van der Waals surface area contributed by atoms with Crippen molar-refractivity contribution in [3.8, 4) is 0 Å². The molecule has 0 bridgehead atoms. The molecule has 0 unspecified atom stereocenters. The second-order valence-electron chi connectivity index (χ2n) is 4.95. The lowest BCUT2D eigenvalue weighted by Gasteiger charge is -2.23. The van der Waals surface area contributed by atoms with Crippen LogP contribution < -0.4 is 11.2 Å². The van der Waals surface area contributed by atoms with Crippen molar-refractivity contribution in [2.24, 2.45) is 0 Å². The van der Waals surface area contributed by atoms with Gasteiger partial charge in [0, 0.05) is 6.04 Å². The van der Waals surface area contributed by atoms with E-state index in [0.29, 0.717) is 10.9 Å². The van der Waals surface area contributed by atoms with Gasteiger partial charge in [0.1, 0.15) is 0 Å². The zero-order chi connectivity index (χ0) is 13.4. The quantitative estimate of drug-likeness (QED) is 0.867. The van der Waals surface area contributed by atoms with Gasteiger partial charge in [0.25, 0.3) is 5.56 Å². The minimum absolute atomic E-state index is 0.0439. The van der Waals surface area contributed by atoms with E-state index in [9.17, 15) is 9.59 Å². The Kier molecular flexibility index (Phi) is 3.22. The normalized spacial score (nSPS) is 16.9. The van der Waals surface area contributed by atoms with Crippen LogP contribution in [0.15, 0.2) is 27.8 Å². The first-order chi connectivity index (χ1) is 9.18. The number of fused-ring (bicyclic) bond motifs is 1. The fraction of sp³-hybridized carbons (Fsp3) is 0.429. The summed E-state index contributed by atoms with van der Waals surface area (Å²) in [4.78, 5) is 27.6. The summed E-state index contributed by atoms with van der Waals surface area (Å²) in [6, 6.07) is 5.59. The predicted octanol–water partition coefficient (Wildman–Crippen LogP) is 2.07. The standard InChI is InChI=1S/C14H16N2O2S/c1-9-3-2-4-11-12(9)15-14(18)16(13(11)17)10-5-7-19-8-6-10/h2-4,10H,5-8H2,1H3,(H,15,18). The van der Waals surface area contributed by atoms with E-state index in [1.165, 1.54) is 4.57 Å². The molecule has 1 aromatic carbocycles. The Morgan fingerprint density at radius 3 is 2.74 bits per heavy atom. The Hall–Kier alpha value is -1.49. The largest absolute Gasteiger partial charge is 0.329 e. The third kappa shape index (κ3) is 2.12. The molecule has 1 aromatic heterocycles. The molecule has 19 heavy (non-hydrogen) atoms. The number of nitrogens with zero attached hydrogens (tertiary/aromatic N) is 1. The number of nitrogens with one attached hydrogen (secondary N) is 1. The summed E-state index contributed by atoms with van der Waals surface area (Å²) >= 11 is 1.88. The molecular weight excluding hydrogens is 260 g/mol. The van der Waals surface area contributed by atoms with E-state index in [1.807, 2.05) is 30.8 Å². The average molecular weight is 276 g/mol. The summed E-state index contributed by atoms with van der Waals surface area (Å²) in [5.41, 5.74) is 1.17. The third-order valence-electron chi connectivity index (χ3n) is 3.73. The molecule has 100 valence electrons. The number of para-hydroxylation sites is 1. The van der Waals surface area contributed by atoms with Gasteiger partial charge in [-0.1, -0.05) is 12.1 Å². The van der Waals surface area contributed by atoms with Gasteiger partial charge in [-0.2, -0.15) is 11.8 Å². The van der Waals surface area contributed by atoms with Crippen LogP contribution in [0, 0.1) is 6.92 Å². The number of aromatic amines is 1. The Labute approximate surface area is 114 Å². The SMILES string of the molecule is Cc1cccc2c(=O)n(C3CCSCC3)c(=O)[nH]c12. The second-order valence-corrected chi connectivity index (χ2v) is 6.17. The van der Waals surface area contributed by atoms with Crippen LogP contribution in [0.3, 0.4) is 0 Å². The fourth-order valence-corrected chi connectivity index (χ4v) is 3.76. The summed E-state index contributed by atoms with van der Waals surface area (Å²) in [6.07, 6.45) is 1.79. The fourth-order valence-electron chi connectivity index (χ4n) is 2.68. The molecule has 0 aliphatic carbocycles. The molecule has 4 nitrogen and oxygen atoms in total. The molecule has 0 spiro atoms. The molecule has 1 fully saturated rings. The highest BCUT2D eigenvalue weighted by atomic mass is 32.2. The predicted molar refractivity (Wildman–Crippen MR) is 79.2 cm³/mol. The maximum Gasteiger partial charge on any atom is 0.329 e. The van der Waals surface area contributed by atoms with Gasteiger partial charge in [-0.15, -0.1) is 0 Å². The van der Waals surface area contributed by atoms with Gasteiger partial charge in [-0.05, 0) is 42.9 Å². The van der Waals surface area contributed by atoms with E-state index < -0.39 is 0 Å². The van der Waals surface area contributed by atoms with Crippen LogP contribution in [0.25, 0.3) is 10.9 Å². The molecule has 3 rings (SSSR count). The lowest BCUT2D eigenvalue weighted by atomic mass is 10.1. The summed E-state index contributed by atoms with van der Waals surface area (Å²) in [5.74, 6) is 2.03. The van der Waals surface area contributed by atoms with Crippen LogP contribution >= 0.6 is 11.8 Å². The maximum absolute atomic E-state index is 12.5. The number of hydrogen-bond donors (Lipinski definition) is 1. The Morgan fingerprint density at radius 1 is 1.26 bits per heavy atom. The van der Waals surface area contributed by atoms with Crippen LogP contribution in [-0.4, -0.2) is 21.1 Å². The van der Waals surface area contributed by atoms with Crippen LogP contribution in [0.1, 0.15) is 24.4 Å². The number of benzene rings is 1. The van der Waals surface area contributed by atoms with E-state index in [2.05, 4.69) is 4.98 Å². The van der Waals surface area contributed by atoms with Crippen molar-refractivity contribution in [3.05, 3.63) is 44.6 Å². The molecule has 2 aromatic rings. The lowest BCUT2D eigenvalue weighted by Crippen LogP contribution is -2.39. The molecule has 0 amide bonds. The minimum Gasteiger partial charge on any atom is -0.306 e. The third-order valence-corrected chi connectivity index (χ3v) is 4.78. The van der Waals surface area contributed by atoms with Crippen molar-refractivity contribution >= 4 is 22.7 Å². The van der Waals surface area contributed by atoms with Gasteiger partial charge in [-0.25, -0.2) is 4.79 Å². The molecule has 2 heterocycles. The zero-order valence-corrected chi connectivity index (χ0v) is 11.6. The highest BCUT2D eigenvalue weighted by Gasteiger charge is 2.20. The first kappa shape index (κ1) is 12.5. The number of aryl methyl sites for hydroxylation is 1. The van der Waals surface area contributed by atoms with E-state index in [-0.39, 0.29) is 17.3 Å². The Morgan fingerprint density at radius 2 is 2.00 bits per heavy atom. The smallest absolute Gasteiger partial charge is 0.306 e. The van der Waals surface area contributed by atoms with Crippen LogP contribution in [-0.2, 0) is 0 Å². The molecule has 5 heteroatoms. The average Bonchev–Trinajstić information content (AvgIpc) is 2.41. The van der Waals surface area contributed by atoms with Gasteiger partial charge >= 0.3 is 5.69 Å². The van der Waals surface area contributed by atoms with Gasteiger partial charge < -0.3 is 4.98 Å². The van der Waals surface area contributed by atoms with Crippen molar-refractivity contribution in [2.75, 3.05) is 11.5 Å². The van der Waals surface area contributed by atoms with Crippen molar-refractivity contribution < 1.29 is 0 Å². The number of hydrogen-bond acceptors (Lipinski definition) is 3. The van der Waals surface area contributed by atoms with E-state index in [4.69, 9.17) is 0 Å². The molecule has 0 radical (unpaired) electrons. The van der Waals surface area contributed by atoms with E-state index in [0.717, 1.165) is 29.9 Å². The minimum atomic E-state index is -0.274. The van der Waals surface area contributed by atoms with Crippen molar-refractivity contribution in [1.29, 1.82) is 0 Å². The summed E-state index contributed by atoms with van der Waals surface area (Å²) < 4.78 is 1.42. The molecule has 1 saturated heterocycles. The highest BCUT2D eigenvalue weighted by molar-refractivity contribution is 7.99. The summed E-state index contributed by atoms with van der Waals surface area (Å²) in [6.45, 7) is 1.90. The monoisotopic (exact) mass is 276 g/mol. The lowest BCUT2D eigenvalue weighted by molar-refractivity contribution is 0.441. The zero-order valence-electron chi connectivity index (χ0n) is 10.8. The van der Waals surface area contributed by atoms with Gasteiger partial charge in [0.2, 0.25) is 0 Å². The molecule has 0 atom stereocenters. The van der Waals surface area contributed by atoms with Crippen molar-refractivity contribution in [1.82, 2.24) is 9.55 Å². The van der Waals surface area contributed by atoms with E-state index in [1.54, 1.807) is 6.07 Å². The van der Waals surface area contributed by atoms with Gasteiger partial charge in [0.15, 0.2) is 0 Å². The van der Waals surface area contributed by atoms with Crippen LogP contribution in [0.4, 0.5) is 0 Å². The first-order valence-corrected chi connectivity index (χ1v) is 7.66. The highest BCUT2D eigenvalue weighted by Crippen LogP contribution is 2.25. The topological polar surface area (TPSA) is 54.9 Å². The molecule has 1 N–H and O–H groups in total. The summed E-state index contributed by atoms with van der Waals surface area (Å²) in [7, 11) is 0. The Bertz CT molecular complexity index is 726. The maximum atomic E-state index is 12.5. The Balaban J connectivity index is 2.26. The summed E-state index contributed by atoms with van der Waals surface area (Å²) in [5, 5.41) is 0.609. The second kappa shape index (κ2) is 4.89. The first-order valence-electron chi connectivity index (χ1n) is 6.50. The number of rotatable bonds is 1. The van der Waals surface area contributed by atoms with Crippen molar-refractivity contribution in [2.45, 2.75) is 25.8 Å². The van der Waals surface area contributed by atoms with Gasteiger partial charge in [0.05, 0.1) is 10.9 Å². The molecule has 0 saturated carbocycles.